The minimum Gasteiger partial charge on any atom is -0.374 e. The molecule has 3 saturated carbocycles. The highest BCUT2D eigenvalue weighted by Crippen LogP contribution is 2.58. The Hall–Kier alpha value is -0.950. The van der Waals surface area contributed by atoms with E-state index in [1.54, 1.807) is 14.1 Å². The zero-order chi connectivity index (χ0) is 25.6. The van der Waals surface area contributed by atoms with Crippen molar-refractivity contribution < 1.29 is 13.2 Å². The van der Waals surface area contributed by atoms with Crippen LogP contribution in [0.15, 0.2) is 35.3 Å². The molecule has 0 aromatic carbocycles. The first-order valence-corrected chi connectivity index (χ1v) is 15.2. The maximum atomic E-state index is 13.1. The normalized spacial score (nSPS) is 37.0. The molecule has 6 unspecified atom stereocenters. The van der Waals surface area contributed by atoms with Crippen LogP contribution >= 0.6 is 0 Å². The Bertz CT molecular complexity index is 964. The molecular weight excluding hydrogens is 456 g/mol. The molecule has 35 heavy (non-hydrogen) atoms. The highest BCUT2D eigenvalue weighted by atomic mass is 32.2. The highest BCUT2D eigenvalue weighted by molar-refractivity contribution is 7.93. The lowest BCUT2D eigenvalue weighted by molar-refractivity contribution is -0.0686. The second-order valence-electron chi connectivity index (χ2n) is 12.8. The minimum atomic E-state index is -3.49. The largest absolute Gasteiger partial charge is 0.374 e. The number of rotatable bonds is 8. The maximum absolute atomic E-state index is 13.1. The fourth-order valence-electron chi connectivity index (χ4n) is 7.70. The van der Waals surface area contributed by atoms with Gasteiger partial charge in [0.05, 0.1) is 17.1 Å². The summed E-state index contributed by atoms with van der Waals surface area (Å²) in [5.41, 5.74) is 1.04. The lowest BCUT2D eigenvalue weighted by atomic mass is 9.72. The predicted octanol–water partition coefficient (Wildman–Crippen LogP) is 5.66. The van der Waals surface area contributed by atoms with Crippen LogP contribution in [0.25, 0.3) is 0 Å². The lowest BCUT2D eigenvalue weighted by Crippen LogP contribution is -2.50. The Labute approximate surface area is 214 Å². The molecule has 4 rings (SSSR count). The molecule has 0 spiro atoms. The SMILES string of the molecule is C=CC1=CC(C)(C)C(S(=O)(=O)N(C)C)=CCC1CNC1CC23CCCC(C(CC2)C3)C1OC(C)C. The molecule has 0 radical (unpaired) electrons. The molecule has 4 aliphatic carbocycles. The first kappa shape index (κ1) is 27.1. The summed E-state index contributed by atoms with van der Waals surface area (Å²) in [7, 11) is -0.270. The van der Waals surface area contributed by atoms with E-state index in [0.717, 1.165) is 18.0 Å². The maximum Gasteiger partial charge on any atom is 0.239 e. The Morgan fingerprint density at radius 2 is 1.97 bits per heavy atom. The van der Waals surface area contributed by atoms with Crippen LogP contribution in [0.4, 0.5) is 0 Å². The van der Waals surface area contributed by atoms with Gasteiger partial charge >= 0.3 is 0 Å². The number of hydrogen-bond acceptors (Lipinski definition) is 4. The van der Waals surface area contributed by atoms with Gasteiger partial charge in [-0.1, -0.05) is 45.1 Å². The smallest absolute Gasteiger partial charge is 0.239 e. The Morgan fingerprint density at radius 1 is 1.23 bits per heavy atom. The quantitative estimate of drug-likeness (QED) is 0.463. The van der Waals surface area contributed by atoms with E-state index >= 15 is 0 Å². The van der Waals surface area contributed by atoms with Crippen molar-refractivity contribution in [1.82, 2.24) is 9.62 Å². The van der Waals surface area contributed by atoms with E-state index in [9.17, 15) is 8.42 Å². The number of nitrogens with one attached hydrogen (secondary N) is 1. The number of nitrogens with zero attached hydrogens (tertiary/aromatic N) is 1. The van der Waals surface area contributed by atoms with Crippen molar-refractivity contribution in [3.63, 3.8) is 0 Å². The summed E-state index contributed by atoms with van der Waals surface area (Å²) in [6.45, 7) is 13.2. The van der Waals surface area contributed by atoms with Crippen LogP contribution in [0, 0.1) is 28.6 Å². The molecule has 0 saturated heterocycles. The molecule has 0 aromatic rings. The van der Waals surface area contributed by atoms with Gasteiger partial charge in [-0.3, -0.25) is 0 Å². The fourth-order valence-corrected chi connectivity index (χ4v) is 9.13. The van der Waals surface area contributed by atoms with Crippen LogP contribution in [0.5, 0.6) is 0 Å². The highest BCUT2D eigenvalue weighted by Gasteiger charge is 2.52. The monoisotopic (exact) mass is 504 g/mol. The van der Waals surface area contributed by atoms with Gasteiger partial charge in [0.2, 0.25) is 10.0 Å². The number of ether oxygens (including phenoxy) is 1. The van der Waals surface area contributed by atoms with E-state index in [1.165, 1.54) is 49.3 Å². The van der Waals surface area contributed by atoms with E-state index in [1.807, 2.05) is 26.0 Å². The van der Waals surface area contributed by atoms with E-state index in [-0.39, 0.29) is 18.1 Å². The summed E-state index contributed by atoms with van der Waals surface area (Å²) in [5.74, 6) is 1.66. The second kappa shape index (κ2) is 10.1. The van der Waals surface area contributed by atoms with Crippen molar-refractivity contribution in [2.45, 2.75) is 97.3 Å². The molecule has 0 aliphatic heterocycles. The van der Waals surface area contributed by atoms with Gasteiger partial charge in [-0.25, -0.2) is 12.7 Å². The van der Waals surface area contributed by atoms with Crippen molar-refractivity contribution in [2.24, 2.45) is 28.6 Å². The predicted molar refractivity (Wildman–Crippen MR) is 144 cm³/mol. The first-order valence-electron chi connectivity index (χ1n) is 13.8. The Balaban J connectivity index is 1.58. The van der Waals surface area contributed by atoms with Crippen LogP contribution in [0.2, 0.25) is 0 Å². The molecular formula is C29H48N2O3S. The van der Waals surface area contributed by atoms with Crippen LogP contribution < -0.4 is 5.32 Å². The van der Waals surface area contributed by atoms with Crippen LogP contribution in [0.1, 0.15) is 79.1 Å². The third kappa shape index (κ3) is 5.37. The number of allylic oxidation sites excluding steroid dienone is 4. The van der Waals surface area contributed by atoms with Gasteiger partial charge in [0.1, 0.15) is 0 Å². The molecule has 3 bridgehead atoms. The minimum absolute atomic E-state index is 0.194. The van der Waals surface area contributed by atoms with Gasteiger partial charge in [-0.15, -0.1) is 0 Å². The zero-order valence-corrected chi connectivity index (χ0v) is 23.7. The van der Waals surface area contributed by atoms with E-state index in [4.69, 9.17) is 4.74 Å². The van der Waals surface area contributed by atoms with Crippen molar-refractivity contribution >= 4 is 10.0 Å². The van der Waals surface area contributed by atoms with Gasteiger partial charge < -0.3 is 10.1 Å². The topological polar surface area (TPSA) is 58.6 Å². The Morgan fingerprint density at radius 3 is 2.63 bits per heavy atom. The van der Waals surface area contributed by atoms with Gasteiger partial charge in [0, 0.05) is 32.1 Å². The summed E-state index contributed by atoms with van der Waals surface area (Å²) in [6.07, 6.45) is 16.6. The molecule has 0 amide bonds. The number of hydrogen-bond donors (Lipinski definition) is 1. The molecule has 6 atom stereocenters. The molecule has 198 valence electrons. The molecule has 6 heteroatoms. The lowest BCUT2D eigenvalue weighted by Gasteiger charge is -2.42. The van der Waals surface area contributed by atoms with Gasteiger partial charge in [0.25, 0.3) is 0 Å². The van der Waals surface area contributed by atoms with Crippen LogP contribution in [0.3, 0.4) is 0 Å². The van der Waals surface area contributed by atoms with Gasteiger partial charge in [-0.05, 0) is 87.5 Å². The summed E-state index contributed by atoms with van der Waals surface area (Å²) >= 11 is 0. The average molecular weight is 505 g/mol. The van der Waals surface area contributed by atoms with E-state index in [0.29, 0.717) is 28.7 Å². The molecule has 5 nitrogen and oxygen atoms in total. The van der Waals surface area contributed by atoms with E-state index in [2.05, 4.69) is 31.8 Å². The standard InChI is InChI=1S/C29H48N2O3S/c1-8-21-16-28(4,5)26(35(32,33)31(6)7)12-11-23(21)19-30-25-18-29-14-9-10-24(22(17-29)13-15-29)27(25)34-20(2)3/h8,12,16,20,22-25,27,30H,1,9-11,13-15,17-19H2,2-7H3. The third-order valence-electron chi connectivity index (χ3n) is 9.33. The molecule has 1 N–H and O–H groups in total. The van der Waals surface area contributed by atoms with Crippen LogP contribution in [-0.4, -0.2) is 51.6 Å². The molecule has 0 aromatic heterocycles. The average Bonchev–Trinajstić information content (AvgIpc) is 2.93. The molecule has 3 fully saturated rings. The first-order chi connectivity index (χ1) is 16.4. The third-order valence-corrected chi connectivity index (χ3v) is 11.5. The van der Waals surface area contributed by atoms with Gasteiger partial charge in [-0.2, -0.15) is 0 Å². The van der Waals surface area contributed by atoms with Crippen LogP contribution in [-0.2, 0) is 14.8 Å². The van der Waals surface area contributed by atoms with Crippen molar-refractivity contribution in [1.29, 1.82) is 0 Å². The second-order valence-corrected chi connectivity index (χ2v) is 14.9. The summed E-state index contributed by atoms with van der Waals surface area (Å²) in [5, 5.41) is 3.99. The fraction of sp³-hybridized carbons (Fsp3) is 0.793. The van der Waals surface area contributed by atoms with E-state index < -0.39 is 15.4 Å². The van der Waals surface area contributed by atoms with Gasteiger partial charge in [0.15, 0.2) is 0 Å². The summed E-state index contributed by atoms with van der Waals surface area (Å²) < 4.78 is 34.2. The molecule has 4 aliphatic rings. The molecule has 0 heterocycles. The summed E-state index contributed by atoms with van der Waals surface area (Å²) in [6, 6.07) is 0.351. The zero-order valence-electron chi connectivity index (χ0n) is 22.8. The van der Waals surface area contributed by atoms with Crippen molar-refractivity contribution in [3.8, 4) is 0 Å². The van der Waals surface area contributed by atoms with Crippen molar-refractivity contribution in [2.75, 3.05) is 20.6 Å². The number of sulfonamides is 1. The Kier molecular flexibility index (Phi) is 7.80. The van der Waals surface area contributed by atoms with Crippen molar-refractivity contribution in [3.05, 3.63) is 35.3 Å². The summed E-state index contributed by atoms with van der Waals surface area (Å²) in [4.78, 5) is 0.484.